The lowest BCUT2D eigenvalue weighted by Gasteiger charge is -1.90. The first-order valence-electron chi connectivity index (χ1n) is 3.29. The monoisotopic (exact) mass is 171 g/mol. The van der Waals surface area contributed by atoms with Gasteiger partial charge in [0, 0.05) is 0 Å². The molecule has 11 heavy (non-hydrogen) atoms. The van der Waals surface area contributed by atoms with Gasteiger partial charge in [-0.15, -0.1) is 11.8 Å². The van der Waals surface area contributed by atoms with Gasteiger partial charge < -0.3 is 10.1 Å². The summed E-state index contributed by atoms with van der Waals surface area (Å²) in [7, 11) is 0. The van der Waals surface area contributed by atoms with Crippen molar-refractivity contribution in [2.45, 2.75) is 11.9 Å². The number of nitrogens with one attached hydrogen (secondary N) is 1. The molecule has 0 unspecified atom stereocenters. The van der Waals surface area contributed by atoms with Crippen LogP contribution in [0, 0.1) is 0 Å². The average molecular weight is 171 g/mol. The van der Waals surface area contributed by atoms with Gasteiger partial charge in [-0.05, 0) is 17.9 Å². The summed E-state index contributed by atoms with van der Waals surface area (Å²) in [5, 5.41) is 9.43. The SMILES string of the molecule is CCSc1ccc(C(=O)O)[nH]1. The minimum atomic E-state index is -0.909. The first kappa shape index (κ1) is 8.20. The molecule has 0 radical (unpaired) electrons. The van der Waals surface area contributed by atoms with Crippen LogP contribution in [-0.2, 0) is 0 Å². The van der Waals surface area contributed by atoms with Gasteiger partial charge in [-0.2, -0.15) is 0 Å². The lowest BCUT2D eigenvalue weighted by atomic mass is 10.4. The molecule has 0 atom stereocenters. The summed E-state index contributed by atoms with van der Waals surface area (Å²) in [4.78, 5) is 13.2. The summed E-state index contributed by atoms with van der Waals surface area (Å²) in [6, 6.07) is 3.35. The van der Waals surface area contributed by atoms with Crippen molar-refractivity contribution >= 4 is 17.7 Å². The molecule has 0 amide bonds. The molecule has 0 spiro atoms. The maximum Gasteiger partial charge on any atom is 0.352 e. The van der Waals surface area contributed by atoms with Crippen molar-refractivity contribution in [1.82, 2.24) is 4.98 Å². The molecule has 0 aliphatic rings. The second-order valence-electron chi connectivity index (χ2n) is 1.97. The van der Waals surface area contributed by atoms with Gasteiger partial charge in [-0.3, -0.25) is 0 Å². The van der Waals surface area contributed by atoms with E-state index in [2.05, 4.69) is 4.98 Å². The Labute approximate surface area is 68.8 Å². The van der Waals surface area contributed by atoms with Gasteiger partial charge in [0.25, 0.3) is 0 Å². The highest BCUT2D eigenvalue weighted by Crippen LogP contribution is 2.15. The molecule has 0 bridgehead atoms. The van der Waals surface area contributed by atoms with Crippen molar-refractivity contribution < 1.29 is 9.90 Å². The number of hydrogen-bond acceptors (Lipinski definition) is 2. The van der Waals surface area contributed by atoms with Gasteiger partial charge in [0.2, 0.25) is 0 Å². The number of rotatable bonds is 3. The lowest BCUT2D eigenvalue weighted by molar-refractivity contribution is 0.0691. The van der Waals surface area contributed by atoms with E-state index in [1.54, 1.807) is 23.9 Å². The molecule has 0 aliphatic heterocycles. The minimum Gasteiger partial charge on any atom is -0.477 e. The molecule has 3 nitrogen and oxygen atoms in total. The summed E-state index contributed by atoms with van der Waals surface area (Å²) in [5.41, 5.74) is 0.251. The number of aromatic amines is 1. The fourth-order valence-electron chi connectivity index (χ4n) is 0.740. The van der Waals surface area contributed by atoms with Gasteiger partial charge in [-0.1, -0.05) is 6.92 Å². The van der Waals surface area contributed by atoms with Gasteiger partial charge in [0.15, 0.2) is 0 Å². The second kappa shape index (κ2) is 3.48. The fourth-order valence-corrected chi connectivity index (χ4v) is 1.40. The van der Waals surface area contributed by atoms with Crippen LogP contribution in [0.5, 0.6) is 0 Å². The van der Waals surface area contributed by atoms with Crippen LogP contribution in [-0.4, -0.2) is 21.8 Å². The third kappa shape index (κ3) is 2.01. The van der Waals surface area contributed by atoms with Crippen LogP contribution in [0.1, 0.15) is 17.4 Å². The Morgan fingerprint density at radius 1 is 1.73 bits per heavy atom. The van der Waals surface area contributed by atoms with Gasteiger partial charge in [0.1, 0.15) is 5.69 Å². The standard InChI is InChI=1S/C7H9NO2S/c1-2-11-6-4-3-5(8-6)7(9)10/h3-4,8H,2H2,1H3,(H,9,10). The van der Waals surface area contributed by atoms with E-state index in [1.165, 1.54) is 0 Å². The highest BCUT2D eigenvalue weighted by Gasteiger charge is 2.04. The Morgan fingerprint density at radius 3 is 2.91 bits per heavy atom. The van der Waals surface area contributed by atoms with Crippen molar-refractivity contribution in [2.24, 2.45) is 0 Å². The van der Waals surface area contributed by atoms with Crippen LogP contribution in [0.15, 0.2) is 17.2 Å². The Morgan fingerprint density at radius 2 is 2.45 bits per heavy atom. The van der Waals surface area contributed by atoms with Crippen molar-refractivity contribution in [3.8, 4) is 0 Å². The Hall–Kier alpha value is -0.900. The Balaban J connectivity index is 2.73. The second-order valence-corrected chi connectivity index (χ2v) is 3.28. The molecule has 1 aromatic heterocycles. The number of carboxylic acids is 1. The topological polar surface area (TPSA) is 53.1 Å². The first-order valence-corrected chi connectivity index (χ1v) is 4.27. The third-order valence-corrected chi connectivity index (χ3v) is 2.03. The van der Waals surface area contributed by atoms with E-state index in [1.807, 2.05) is 6.92 Å². The number of aromatic carboxylic acids is 1. The van der Waals surface area contributed by atoms with E-state index >= 15 is 0 Å². The van der Waals surface area contributed by atoms with Crippen LogP contribution < -0.4 is 0 Å². The number of hydrogen-bond donors (Lipinski definition) is 2. The van der Waals surface area contributed by atoms with Crippen molar-refractivity contribution in [2.75, 3.05) is 5.75 Å². The molecule has 60 valence electrons. The molecule has 0 aromatic carbocycles. The van der Waals surface area contributed by atoms with E-state index in [0.717, 1.165) is 10.8 Å². The number of aromatic nitrogens is 1. The van der Waals surface area contributed by atoms with E-state index in [4.69, 9.17) is 5.11 Å². The number of thioether (sulfide) groups is 1. The Bertz CT molecular complexity index is 257. The van der Waals surface area contributed by atoms with Crippen LogP contribution in [0.25, 0.3) is 0 Å². The van der Waals surface area contributed by atoms with Crippen LogP contribution >= 0.6 is 11.8 Å². The van der Waals surface area contributed by atoms with Gasteiger partial charge >= 0.3 is 5.97 Å². The molecule has 0 saturated heterocycles. The van der Waals surface area contributed by atoms with Gasteiger partial charge in [0.05, 0.1) is 5.03 Å². The fraction of sp³-hybridized carbons (Fsp3) is 0.286. The molecule has 0 saturated carbocycles. The minimum absolute atomic E-state index is 0.251. The number of carboxylic acid groups (broad SMARTS) is 1. The molecule has 1 aromatic rings. The van der Waals surface area contributed by atoms with E-state index in [0.29, 0.717) is 0 Å². The highest BCUT2D eigenvalue weighted by atomic mass is 32.2. The normalized spacial score (nSPS) is 9.91. The molecule has 4 heteroatoms. The van der Waals surface area contributed by atoms with Crippen LogP contribution in [0.4, 0.5) is 0 Å². The quantitative estimate of drug-likeness (QED) is 0.682. The van der Waals surface area contributed by atoms with Crippen molar-refractivity contribution in [3.63, 3.8) is 0 Å². The van der Waals surface area contributed by atoms with Crippen molar-refractivity contribution in [3.05, 3.63) is 17.8 Å². The number of carbonyl (C=O) groups is 1. The predicted molar refractivity (Wildman–Crippen MR) is 44.2 cm³/mol. The number of H-pyrrole nitrogens is 1. The molecular weight excluding hydrogens is 162 g/mol. The molecule has 0 aliphatic carbocycles. The molecule has 1 heterocycles. The highest BCUT2D eigenvalue weighted by molar-refractivity contribution is 7.99. The van der Waals surface area contributed by atoms with Crippen LogP contribution in [0.3, 0.4) is 0 Å². The molecule has 0 fully saturated rings. The molecule has 2 N–H and O–H groups in total. The summed E-state index contributed by atoms with van der Waals surface area (Å²) >= 11 is 1.59. The largest absolute Gasteiger partial charge is 0.477 e. The zero-order valence-electron chi connectivity index (χ0n) is 6.13. The van der Waals surface area contributed by atoms with Gasteiger partial charge in [-0.25, -0.2) is 4.79 Å². The molecular formula is C7H9NO2S. The van der Waals surface area contributed by atoms with E-state index in [9.17, 15) is 4.79 Å². The predicted octanol–water partition coefficient (Wildman–Crippen LogP) is 1.82. The lowest BCUT2D eigenvalue weighted by Crippen LogP contribution is -1.95. The first-order chi connectivity index (χ1) is 5.24. The summed E-state index contributed by atoms with van der Waals surface area (Å²) in [6.07, 6.45) is 0. The van der Waals surface area contributed by atoms with Crippen LogP contribution in [0.2, 0.25) is 0 Å². The molecule has 1 rings (SSSR count). The van der Waals surface area contributed by atoms with E-state index < -0.39 is 5.97 Å². The maximum absolute atomic E-state index is 10.4. The third-order valence-electron chi connectivity index (χ3n) is 1.19. The average Bonchev–Trinajstić information content (AvgIpc) is 2.37. The summed E-state index contributed by atoms with van der Waals surface area (Å²) in [6.45, 7) is 2.02. The zero-order chi connectivity index (χ0) is 8.27. The summed E-state index contributed by atoms with van der Waals surface area (Å²) < 4.78 is 0. The summed E-state index contributed by atoms with van der Waals surface area (Å²) in [5.74, 6) is 0.0347. The van der Waals surface area contributed by atoms with Crippen molar-refractivity contribution in [1.29, 1.82) is 0 Å². The van der Waals surface area contributed by atoms with E-state index in [-0.39, 0.29) is 5.69 Å². The smallest absolute Gasteiger partial charge is 0.352 e. The maximum atomic E-state index is 10.4. The Kier molecular flexibility index (Phi) is 2.59. The zero-order valence-corrected chi connectivity index (χ0v) is 6.94.